The highest BCUT2D eigenvalue weighted by Crippen LogP contribution is 2.31. The average molecular weight is 938 g/mol. The molecule has 0 radical (unpaired) electrons. The van der Waals surface area contributed by atoms with Gasteiger partial charge in [0.15, 0.2) is 11.5 Å². The van der Waals surface area contributed by atoms with Crippen LogP contribution in [-0.2, 0) is 51.2 Å². The first-order valence-electron chi connectivity index (χ1n) is 22.6. The molecule has 2 aromatic carbocycles. The number of carbonyl (C=O) groups excluding carboxylic acids is 8. The van der Waals surface area contributed by atoms with E-state index in [1.54, 1.807) is 48.5 Å². The second-order valence-electron chi connectivity index (χ2n) is 16.9. The van der Waals surface area contributed by atoms with Gasteiger partial charge in [-0.1, -0.05) is 50.2 Å². The zero-order valence-electron chi connectivity index (χ0n) is 38.3. The van der Waals surface area contributed by atoms with E-state index in [9.17, 15) is 43.5 Å². The van der Waals surface area contributed by atoms with Crippen LogP contribution in [-0.4, -0.2) is 140 Å². The predicted molar refractivity (Wildman–Crippen MR) is 245 cm³/mol. The van der Waals surface area contributed by atoms with Crippen molar-refractivity contribution in [3.8, 4) is 11.5 Å². The summed E-state index contributed by atoms with van der Waals surface area (Å²) >= 11 is 0. The molecular weight excluding hydrogens is 871 g/mol. The molecular formula is C45H67N11O11. The maximum atomic E-state index is 14.2. The Bertz CT molecular complexity index is 2020. The van der Waals surface area contributed by atoms with Gasteiger partial charge < -0.3 is 74.3 Å². The molecule has 8 atom stereocenters. The van der Waals surface area contributed by atoms with Crippen LogP contribution < -0.4 is 69.2 Å². The number of aliphatic hydroxyl groups is 1. The summed E-state index contributed by atoms with van der Waals surface area (Å²) in [5, 5.41) is 31.7. The largest absolute Gasteiger partial charge is 0.486 e. The van der Waals surface area contributed by atoms with Crippen molar-refractivity contribution < 1.29 is 52.9 Å². The fourth-order valence-corrected chi connectivity index (χ4v) is 7.44. The van der Waals surface area contributed by atoms with Gasteiger partial charge in [0.25, 0.3) is 0 Å². The van der Waals surface area contributed by atoms with Crippen molar-refractivity contribution in [1.82, 2.24) is 42.5 Å². The maximum absolute atomic E-state index is 14.2. The Balaban J connectivity index is 1.72. The number of amides is 8. The molecule has 22 heteroatoms. The SMILES string of the molecule is CC(C)C[C@@H]1NC(=O)[C@@H](Cc2ccccc2)NC(=O)[C@H](CCN)NC(=O)[C@@H](NC(=O)Cc2ccc3c(c2)OCCO3)CCNC(=O)[C@H]([C@@H](C)O)NC(=O)[C@H](CCN)NC(=O)[C@H](CCN)NC1=O. The normalized spacial score (nSPS) is 24.4. The Kier molecular flexibility index (Phi) is 21.2. The Labute approximate surface area is 389 Å². The lowest BCUT2D eigenvalue weighted by molar-refractivity contribution is -0.136. The van der Waals surface area contributed by atoms with E-state index in [4.69, 9.17) is 26.7 Å². The molecule has 0 saturated carbocycles. The minimum absolute atomic E-state index is 0.0355. The standard InChI is InChI=1S/C45H67N11O11/c1-25(2)21-33-43(63)53-29(11-15-46)39(59)52-31(13-17-48)42(62)56-38(26(3)57)45(65)49-18-14-32(50-37(58)24-28-9-10-35-36(23-28)67-20-19-66-35)41(61)51-30(12-16-47)40(60)55-34(44(64)54-33)22-27-7-5-4-6-8-27/h4-10,23,25-26,29-34,38,57H,11-22,24,46-48H2,1-3H3,(H,49,65)(H,50,58)(H,51,61)(H,52,59)(H,53,63)(H,54,64)(H,55,60)(H,56,62)/t26-,29+,30+,31+,32+,33+,34-,38+/m1/s1. The first-order valence-corrected chi connectivity index (χ1v) is 22.6. The summed E-state index contributed by atoms with van der Waals surface area (Å²) in [6, 6.07) is 4.32. The number of ether oxygens (including phenoxy) is 2. The quantitative estimate of drug-likeness (QED) is 0.0881. The molecule has 2 heterocycles. The third-order valence-corrected chi connectivity index (χ3v) is 10.9. The minimum atomic E-state index is -1.57. The third kappa shape index (κ3) is 16.8. The lowest BCUT2D eigenvalue weighted by Gasteiger charge is -2.28. The summed E-state index contributed by atoms with van der Waals surface area (Å²) in [5.41, 5.74) is 18.8. The monoisotopic (exact) mass is 938 g/mol. The van der Waals surface area contributed by atoms with Crippen LogP contribution in [0.15, 0.2) is 48.5 Å². The van der Waals surface area contributed by atoms with E-state index >= 15 is 0 Å². The number of fused-ring (bicyclic) bond motifs is 1. The van der Waals surface area contributed by atoms with E-state index in [0.717, 1.165) is 0 Å². The van der Waals surface area contributed by atoms with Crippen LogP contribution >= 0.6 is 0 Å². The molecule has 15 N–H and O–H groups in total. The summed E-state index contributed by atoms with van der Waals surface area (Å²) in [6.07, 6.45) is -2.11. The molecule has 67 heavy (non-hydrogen) atoms. The Morgan fingerprint density at radius 2 is 1.15 bits per heavy atom. The van der Waals surface area contributed by atoms with E-state index < -0.39 is 95.7 Å². The van der Waals surface area contributed by atoms with Gasteiger partial charge in [0.1, 0.15) is 55.5 Å². The zero-order valence-corrected chi connectivity index (χ0v) is 38.3. The van der Waals surface area contributed by atoms with Crippen molar-refractivity contribution in [3.63, 3.8) is 0 Å². The van der Waals surface area contributed by atoms with Crippen molar-refractivity contribution in [2.75, 3.05) is 39.4 Å². The highest BCUT2D eigenvalue weighted by atomic mass is 16.6. The first-order chi connectivity index (χ1) is 32.0. The minimum Gasteiger partial charge on any atom is -0.486 e. The van der Waals surface area contributed by atoms with Crippen molar-refractivity contribution in [1.29, 1.82) is 0 Å². The molecule has 0 bridgehead atoms. The van der Waals surface area contributed by atoms with Gasteiger partial charge in [-0.25, -0.2) is 0 Å². The number of nitrogens with one attached hydrogen (secondary N) is 8. The molecule has 4 rings (SSSR count). The summed E-state index contributed by atoms with van der Waals surface area (Å²) < 4.78 is 11.2. The fraction of sp³-hybridized carbons (Fsp3) is 0.556. The van der Waals surface area contributed by atoms with E-state index in [1.165, 1.54) is 6.92 Å². The van der Waals surface area contributed by atoms with Crippen LogP contribution in [0.1, 0.15) is 64.0 Å². The van der Waals surface area contributed by atoms with Gasteiger partial charge in [-0.05, 0) is 87.8 Å². The summed E-state index contributed by atoms with van der Waals surface area (Å²) in [6.45, 7) is 5.07. The van der Waals surface area contributed by atoms with Gasteiger partial charge in [0, 0.05) is 13.0 Å². The number of hydrogen-bond donors (Lipinski definition) is 12. The Hall–Kier alpha value is -6.36. The summed E-state index contributed by atoms with van der Waals surface area (Å²) in [5.74, 6) is -5.48. The number of carbonyl (C=O) groups is 8. The number of hydrogen-bond acceptors (Lipinski definition) is 14. The fourth-order valence-electron chi connectivity index (χ4n) is 7.44. The van der Waals surface area contributed by atoms with Gasteiger partial charge in [-0.2, -0.15) is 0 Å². The number of rotatable bonds is 14. The molecule has 1 fully saturated rings. The van der Waals surface area contributed by atoms with Gasteiger partial charge in [-0.15, -0.1) is 0 Å². The van der Waals surface area contributed by atoms with Gasteiger partial charge in [0.2, 0.25) is 47.3 Å². The highest BCUT2D eigenvalue weighted by molar-refractivity contribution is 5.98. The first kappa shape index (κ1) is 53.3. The highest BCUT2D eigenvalue weighted by Gasteiger charge is 2.35. The molecule has 2 aromatic rings. The molecule has 0 aromatic heterocycles. The lowest BCUT2D eigenvalue weighted by Crippen LogP contribution is -2.61. The number of aliphatic hydroxyl groups excluding tert-OH is 1. The van der Waals surface area contributed by atoms with Gasteiger partial charge in [0.05, 0.1) is 12.5 Å². The average Bonchev–Trinajstić information content (AvgIpc) is 3.28. The van der Waals surface area contributed by atoms with E-state index in [2.05, 4.69) is 42.5 Å². The van der Waals surface area contributed by atoms with Crippen LogP contribution in [0, 0.1) is 5.92 Å². The molecule has 8 amide bonds. The summed E-state index contributed by atoms with van der Waals surface area (Å²) in [4.78, 5) is 111. The van der Waals surface area contributed by atoms with Crippen molar-refractivity contribution >= 4 is 47.3 Å². The molecule has 22 nitrogen and oxygen atoms in total. The molecule has 0 spiro atoms. The predicted octanol–water partition coefficient (Wildman–Crippen LogP) is -3.37. The molecule has 0 aliphatic carbocycles. The lowest BCUT2D eigenvalue weighted by atomic mass is 10.00. The van der Waals surface area contributed by atoms with E-state index in [1.807, 2.05) is 13.8 Å². The van der Waals surface area contributed by atoms with Crippen LogP contribution in [0.2, 0.25) is 0 Å². The Morgan fingerprint density at radius 1 is 0.642 bits per heavy atom. The third-order valence-electron chi connectivity index (χ3n) is 10.9. The van der Waals surface area contributed by atoms with Crippen LogP contribution in [0.4, 0.5) is 0 Å². The topological polar surface area (TPSA) is 350 Å². The molecule has 1 saturated heterocycles. The van der Waals surface area contributed by atoms with Crippen molar-refractivity contribution in [3.05, 3.63) is 59.7 Å². The van der Waals surface area contributed by atoms with Gasteiger partial charge in [-0.3, -0.25) is 38.4 Å². The van der Waals surface area contributed by atoms with Gasteiger partial charge >= 0.3 is 0 Å². The summed E-state index contributed by atoms with van der Waals surface area (Å²) in [7, 11) is 0. The zero-order chi connectivity index (χ0) is 49.0. The maximum Gasteiger partial charge on any atom is 0.245 e. The molecule has 0 unspecified atom stereocenters. The number of nitrogens with two attached hydrogens (primary N) is 3. The van der Waals surface area contributed by atoms with Crippen LogP contribution in [0.5, 0.6) is 11.5 Å². The molecule has 2 aliphatic rings. The molecule has 2 aliphatic heterocycles. The second kappa shape index (κ2) is 26.7. The molecule has 368 valence electrons. The smallest absolute Gasteiger partial charge is 0.245 e. The van der Waals surface area contributed by atoms with Crippen molar-refractivity contribution in [2.45, 2.75) is 114 Å². The number of benzene rings is 2. The Morgan fingerprint density at radius 3 is 1.72 bits per heavy atom. The van der Waals surface area contributed by atoms with E-state index in [0.29, 0.717) is 35.8 Å². The van der Waals surface area contributed by atoms with Crippen LogP contribution in [0.3, 0.4) is 0 Å². The van der Waals surface area contributed by atoms with Crippen molar-refractivity contribution in [2.24, 2.45) is 23.1 Å². The second-order valence-corrected chi connectivity index (χ2v) is 16.9. The van der Waals surface area contributed by atoms with Crippen LogP contribution in [0.25, 0.3) is 0 Å². The van der Waals surface area contributed by atoms with E-state index in [-0.39, 0.29) is 77.0 Å².